The van der Waals surface area contributed by atoms with Gasteiger partial charge in [-0.25, -0.2) is 13.1 Å². The second-order valence-electron chi connectivity index (χ2n) is 6.63. The van der Waals surface area contributed by atoms with Crippen molar-refractivity contribution in [2.45, 2.75) is 31.7 Å². The third kappa shape index (κ3) is 4.69. The number of hydrogen-bond donors (Lipinski definition) is 2. The molecule has 5 heteroatoms. The van der Waals surface area contributed by atoms with Crippen LogP contribution in [0, 0.1) is 0 Å². The first kappa shape index (κ1) is 18.1. The van der Waals surface area contributed by atoms with E-state index in [0.29, 0.717) is 13.0 Å². The van der Waals surface area contributed by atoms with Gasteiger partial charge in [-0.15, -0.1) is 0 Å². The molecule has 0 unspecified atom stereocenters. The molecular formula is C20H26N2O2S. The van der Waals surface area contributed by atoms with Crippen molar-refractivity contribution in [2.75, 3.05) is 18.8 Å². The van der Waals surface area contributed by atoms with Crippen molar-refractivity contribution in [1.29, 1.82) is 0 Å². The maximum Gasteiger partial charge on any atom is 0.211 e. The van der Waals surface area contributed by atoms with Crippen LogP contribution in [0.4, 0.5) is 0 Å². The minimum atomic E-state index is -3.21. The predicted octanol–water partition coefficient (Wildman–Crippen LogP) is 3.13. The van der Waals surface area contributed by atoms with Crippen LogP contribution in [0.1, 0.15) is 31.2 Å². The molecule has 0 amide bonds. The molecule has 0 aromatic heterocycles. The van der Waals surface area contributed by atoms with Crippen LogP contribution < -0.4 is 10.0 Å². The second-order valence-corrected chi connectivity index (χ2v) is 8.50. The molecule has 1 fully saturated rings. The summed E-state index contributed by atoms with van der Waals surface area (Å²) in [6, 6.07) is 18.7. The van der Waals surface area contributed by atoms with E-state index >= 15 is 0 Å². The van der Waals surface area contributed by atoms with Crippen LogP contribution >= 0.6 is 0 Å². The number of sulfonamides is 1. The van der Waals surface area contributed by atoms with Crippen LogP contribution in [0.3, 0.4) is 0 Å². The number of piperidine rings is 1. The Morgan fingerprint density at radius 3 is 2.40 bits per heavy atom. The number of benzene rings is 2. The van der Waals surface area contributed by atoms with Gasteiger partial charge in [-0.1, -0.05) is 61.5 Å². The first-order chi connectivity index (χ1) is 12.1. The van der Waals surface area contributed by atoms with Crippen molar-refractivity contribution >= 4 is 10.0 Å². The summed E-state index contributed by atoms with van der Waals surface area (Å²) < 4.78 is 27.3. The van der Waals surface area contributed by atoms with Crippen molar-refractivity contribution in [2.24, 2.45) is 0 Å². The third-order valence-corrected chi connectivity index (χ3v) is 6.34. The zero-order valence-corrected chi connectivity index (χ0v) is 15.4. The van der Waals surface area contributed by atoms with Gasteiger partial charge in [0.2, 0.25) is 10.0 Å². The topological polar surface area (TPSA) is 58.2 Å². The largest absolute Gasteiger partial charge is 0.315 e. The lowest BCUT2D eigenvalue weighted by Crippen LogP contribution is -2.50. The molecule has 1 aliphatic heterocycles. The van der Waals surface area contributed by atoms with Gasteiger partial charge in [-0.2, -0.15) is 0 Å². The zero-order chi connectivity index (χ0) is 17.7. The second kappa shape index (κ2) is 8.13. The predicted molar refractivity (Wildman–Crippen MR) is 103 cm³/mol. The van der Waals surface area contributed by atoms with E-state index in [9.17, 15) is 8.42 Å². The highest BCUT2D eigenvalue weighted by Crippen LogP contribution is 2.28. The monoisotopic (exact) mass is 358 g/mol. The fraction of sp³-hybridized carbons (Fsp3) is 0.400. The molecule has 2 atom stereocenters. The molecule has 0 spiro atoms. The average molecular weight is 359 g/mol. The van der Waals surface area contributed by atoms with Crippen molar-refractivity contribution in [3.63, 3.8) is 0 Å². The highest BCUT2D eigenvalue weighted by molar-refractivity contribution is 7.89. The number of nitrogens with one attached hydrogen (secondary N) is 2. The summed E-state index contributed by atoms with van der Waals surface area (Å²) in [6.07, 6.45) is 1.57. The highest BCUT2D eigenvalue weighted by atomic mass is 32.2. The minimum absolute atomic E-state index is 0.0899. The van der Waals surface area contributed by atoms with E-state index in [1.54, 1.807) is 0 Å². The lowest BCUT2D eigenvalue weighted by atomic mass is 9.86. The Kier molecular flexibility index (Phi) is 5.89. The van der Waals surface area contributed by atoms with Crippen LogP contribution in [0.25, 0.3) is 11.1 Å². The number of rotatable bonds is 6. The summed E-state index contributed by atoms with van der Waals surface area (Å²) in [5.41, 5.74) is 3.58. The normalized spacial score (nSPS) is 21.2. The first-order valence-corrected chi connectivity index (χ1v) is 10.6. The van der Waals surface area contributed by atoms with Gasteiger partial charge < -0.3 is 5.32 Å². The molecule has 2 aromatic carbocycles. The molecule has 25 heavy (non-hydrogen) atoms. The first-order valence-electron chi connectivity index (χ1n) is 8.95. The maximum absolute atomic E-state index is 12.2. The molecule has 1 heterocycles. The van der Waals surface area contributed by atoms with E-state index in [4.69, 9.17) is 0 Å². The third-order valence-electron chi connectivity index (χ3n) is 4.73. The molecule has 134 valence electrons. The van der Waals surface area contributed by atoms with Gasteiger partial charge in [0.15, 0.2) is 0 Å². The van der Waals surface area contributed by atoms with Crippen molar-refractivity contribution in [3.8, 4) is 11.1 Å². The van der Waals surface area contributed by atoms with Gasteiger partial charge in [-0.3, -0.25) is 0 Å². The fourth-order valence-corrected chi connectivity index (χ4v) is 4.86. The van der Waals surface area contributed by atoms with Crippen LogP contribution in [-0.2, 0) is 10.0 Å². The van der Waals surface area contributed by atoms with E-state index in [1.165, 1.54) is 16.7 Å². The quantitative estimate of drug-likeness (QED) is 0.834. The van der Waals surface area contributed by atoms with Crippen molar-refractivity contribution in [3.05, 3.63) is 60.2 Å². The van der Waals surface area contributed by atoms with Gasteiger partial charge in [0.05, 0.1) is 5.75 Å². The van der Waals surface area contributed by atoms with Crippen LogP contribution in [-0.4, -0.2) is 33.3 Å². The van der Waals surface area contributed by atoms with E-state index in [0.717, 1.165) is 13.0 Å². The molecule has 0 bridgehead atoms. The summed E-state index contributed by atoms with van der Waals surface area (Å²) in [7, 11) is -3.21. The molecule has 1 aliphatic rings. The Hall–Kier alpha value is -1.69. The Balaban J connectivity index is 1.78. The highest BCUT2D eigenvalue weighted by Gasteiger charge is 2.29. The van der Waals surface area contributed by atoms with Gasteiger partial charge in [0.25, 0.3) is 0 Å². The van der Waals surface area contributed by atoms with Crippen molar-refractivity contribution in [1.82, 2.24) is 10.0 Å². The Morgan fingerprint density at radius 1 is 1.04 bits per heavy atom. The summed E-state index contributed by atoms with van der Waals surface area (Å²) in [5.74, 6) is 0.390. The Bertz CT molecular complexity index is 773. The smallest absolute Gasteiger partial charge is 0.211 e. The van der Waals surface area contributed by atoms with E-state index in [2.05, 4.69) is 46.4 Å². The van der Waals surface area contributed by atoms with Gasteiger partial charge in [0, 0.05) is 18.5 Å². The van der Waals surface area contributed by atoms with Gasteiger partial charge in [0.1, 0.15) is 0 Å². The van der Waals surface area contributed by atoms with Crippen LogP contribution in [0.5, 0.6) is 0 Å². The molecule has 2 aromatic rings. The van der Waals surface area contributed by atoms with Crippen LogP contribution in [0.15, 0.2) is 54.6 Å². The Labute approximate surface area is 150 Å². The molecule has 0 saturated carbocycles. The van der Waals surface area contributed by atoms with Crippen molar-refractivity contribution < 1.29 is 8.42 Å². The molecule has 4 nitrogen and oxygen atoms in total. The van der Waals surface area contributed by atoms with E-state index < -0.39 is 10.0 Å². The molecule has 1 saturated heterocycles. The Morgan fingerprint density at radius 2 is 1.72 bits per heavy atom. The average Bonchev–Trinajstić information content (AvgIpc) is 2.63. The molecule has 0 radical (unpaired) electrons. The molecule has 0 aliphatic carbocycles. The SMILES string of the molecule is CCCS(=O)(=O)N[C@@H]1CNCC[C@H]1c1ccc(-c2ccccc2)cc1. The lowest BCUT2D eigenvalue weighted by Gasteiger charge is -2.33. The molecule has 2 N–H and O–H groups in total. The summed E-state index contributed by atoms with van der Waals surface area (Å²) in [4.78, 5) is 0. The van der Waals surface area contributed by atoms with Gasteiger partial charge >= 0.3 is 0 Å². The summed E-state index contributed by atoms with van der Waals surface area (Å²) in [6.45, 7) is 3.48. The maximum atomic E-state index is 12.2. The molecule has 3 rings (SSSR count). The van der Waals surface area contributed by atoms with E-state index in [-0.39, 0.29) is 17.7 Å². The zero-order valence-electron chi connectivity index (χ0n) is 14.6. The molecular weight excluding hydrogens is 332 g/mol. The minimum Gasteiger partial charge on any atom is -0.315 e. The fourth-order valence-electron chi connectivity index (χ4n) is 3.49. The standard InChI is InChI=1S/C20H26N2O2S/c1-2-14-25(23,24)22-20-15-21-13-12-19(20)18-10-8-17(9-11-18)16-6-4-3-5-7-16/h3-11,19-22H,2,12-15H2,1H3/t19-,20+/m0/s1. The summed E-state index contributed by atoms with van der Waals surface area (Å²) >= 11 is 0. The number of hydrogen-bond acceptors (Lipinski definition) is 3. The lowest BCUT2D eigenvalue weighted by molar-refractivity contribution is 0.378. The van der Waals surface area contributed by atoms with E-state index in [1.807, 2.05) is 25.1 Å². The summed E-state index contributed by atoms with van der Waals surface area (Å²) in [5, 5.41) is 3.31. The van der Waals surface area contributed by atoms with Crippen LogP contribution in [0.2, 0.25) is 0 Å². The van der Waals surface area contributed by atoms with Gasteiger partial charge in [-0.05, 0) is 36.1 Å².